The van der Waals surface area contributed by atoms with Crippen LogP contribution in [0, 0.1) is 30.9 Å². The van der Waals surface area contributed by atoms with Crippen molar-refractivity contribution >= 4 is 17.4 Å². The van der Waals surface area contributed by atoms with Crippen LogP contribution in [-0.4, -0.2) is 15.1 Å². The topological polar surface area (TPSA) is 82.1 Å². The second kappa shape index (κ2) is 7.06. The van der Waals surface area contributed by atoms with E-state index in [0.29, 0.717) is 22.4 Å². The summed E-state index contributed by atoms with van der Waals surface area (Å²) < 4.78 is 5.73. The van der Waals surface area contributed by atoms with Crippen molar-refractivity contribution in [3.05, 3.63) is 68.8 Å². The Morgan fingerprint density at radius 2 is 1.84 bits per heavy atom. The fourth-order valence-electron chi connectivity index (χ4n) is 2.65. The predicted molar refractivity (Wildman–Crippen MR) is 96.6 cm³/mol. The summed E-state index contributed by atoms with van der Waals surface area (Å²) in [5.41, 5.74) is 4.83. The lowest BCUT2D eigenvalue weighted by molar-refractivity contribution is -0.385. The first-order valence-electron chi connectivity index (χ1n) is 7.72. The molecule has 0 amide bonds. The molecule has 2 aromatic carbocycles. The van der Waals surface area contributed by atoms with Crippen molar-refractivity contribution < 1.29 is 9.34 Å². The summed E-state index contributed by atoms with van der Waals surface area (Å²) in [5, 5.41) is 19.6. The third-order valence-corrected chi connectivity index (χ3v) is 4.71. The summed E-state index contributed by atoms with van der Waals surface area (Å²) in [6.07, 6.45) is 0. The third-order valence-electron chi connectivity index (χ3n) is 3.84. The van der Waals surface area contributed by atoms with Gasteiger partial charge in [-0.25, -0.2) is 0 Å². The molecule has 0 bridgehead atoms. The Morgan fingerprint density at radius 3 is 2.52 bits per heavy atom. The normalized spacial score (nSPS) is 10.8. The fourth-order valence-corrected chi connectivity index (χ4v) is 3.47. The van der Waals surface area contributed by atoms with Gasteiger partial charge in [0, 0.05) is 22.9 Å². The number of thioether (sulfide) groups is 1. The Labute approximate surface area is 149 Å². The lowest BCUT2D eigenvalue weighted by atomic mass is 10.1. The molecule has 0 unspecified atom stereocenters. The zero-order chi connectivity index (χ0) is 18.0. The molecule has 3 rings (SSSR count). The Kier molecular flexibility index (Phi) is 4.85. The first-order chi connectivity index (χ1) is 11.9. The molecule has 1 aromatic heterocycles. The quantitative estimate of drug-likeness (QED) is 0.369. The van der Waals surface area contributed by atoms with Crippen LogP contribution in [0.1, 0.15) is 22.3 Å². The van der Waals surface area contributed by atoms with Gasteiger partial charge in [-0.1, -0.05) is 41.1 Å². The standard InChI is InChI=1S/C18H17N3O3S/c1-11-7-12(2)9-15(8-11)17-19-20-18(24-17)25-10-14-5-4-6-16(13(14)3)21(22)23/h4-9H,10H2,1-3H3. The third kappa shape index (κ3) is 3.88. The molecule has 0 spiro atoms. The molecule has 0 radical (unpaired) electrons. The van der Waals surface area contributed by atoms with Gasteiger partial charge in [-0.2, -0.15) is 0 Å². The average molecular weight is 355 g/mol. The summed E-state index contributed by atoms with van der Waals surface area (Å²) in [5.74, 6) is 1.01. The summed E-state index contributed by atoms with van der Waals surface area (Å²) in [7, 11) is 0. The predicted octanol–water partition coefficient (Wildman–Crippen LogP) is 4.86. The number of nitro groups is 1. The van der Waals surface area contributed by atoms with Gasteiger partial charge in [0.25, 0.3) is 10.9 Å². The molecule has 0 saturated carbocycles. The van der Waals surface area contributed by atoms with Gasteiger partial charge in [0.2, 0.25) is 5.89 Å². The number of hydrogen-bond acceptors (Lipinski definition) is 6. The molecular formula is C18H17N3O3S. The summed E-state index contributed by atoms with van der Waals surface area (Å²) in [6.45, 7) is 5.80. The van der Waals surface area contributed by atoms with Gasteiger partial charge in [-0.3, -0.25) is 10.1 Å². The van der Waals surface area contributed by atoms with E-state index < -0.39 is 0 Å². The molecule has 0 N–H and O–H groups in total. The Bertz CT molecular complexity index is 917. The Hall–Kier alpha value is -2.67. The number of rotatable bonds is 5. The number of benzene rings is 2. The van der Waals surface area contributed by atoms with Crippen LogP contribution in [0.15, 0.2) is 46.0 Å². The monoisotopic (exact) mass is 355 g/mol. The minimum atomic E-state index is -0.367. The van der Waals surface area contributed by atoms with E-state index in [9.17, 15) is 10.1 Å². The molecular weight excluding hydrogens is 338 g/mol. The van der Waals surface area contributed by atoms with Crippen LogP contribution in [0.5, 0.6) is 0 Å². The maximum atomic E-state index is 11.0. The SMILES string of the molecule is Cc1cc(C)cc(-c2nnc(SCc3cccc([N+](=O)[O-])c3C)o2)c1. The van der Waals surface area contributed by atoms with Crippen LogP contribution in [0.25, 0.3) is 11.5 Å². The number of aromatic nitrogens is 2. The van der Waals surface area contributed by atoms with Crippen LogP contribution in [-0.2, 0) is 5.75 Å². The molecule has 3 aromatic rings. The van der Waals surface area contributed by atoms with Crippen LogP contribution in [0.2, 0.25) is 0 Å². The zero-order valence-electron chi connectivity index (χ0n) is 14.1. The maximum absolute atomic E-state index is 11.0. The van der Waals surface area contributed by atoms with Gasteiger partial charge in [0.15, 0.2) is 0 Å². The molecule has 0 atom stereocenters. The van der Waals surface area contributed by atoms with Gasteiger partial charge in [0.1, 0.15) is 0 Å². The average Bonchev–Trinajstić information content (AvgIpc) is 3.01. The maximum Gasteiger partial charge on any atom is 0.277 e. The smallest absolute Gasteiger partial charge is 0.277 e. The van der Waals surface area contributed by atoms with Gasteiger partial charge >= 0.3 is 0 Å². The van der Waals surface area contributed by atoms with E-state index in [2.05, 4.69) is 16.3 Å². The van der Waals surface area contributed by atoms with E-state index in [1.165, 1.54) is 17.8 Å². The Morgan fingerprint density at radius 1 is 1.12 bits per heavy atom. The highest BCUT2D eigenvalue weighted by Crippen LogP contribution is 2.29. The number of nitro benzene ring substituents is 1. The number of nitrogens with zero attached hydrogens (tertiary/aromatic N) is 3. The molecule has 1 heterocycles. The van der Waals surface area contributed by atoms with Gasteiger partial charge < -0.3 is 4.42 Å². The van der Waals surface area contributed by atoms with Crippen molar-refractivity contribution in [2.45, 2.75) is 31.7 Å². The van der Waals surface area contributed by atoms with Crippen molar-refractivity contribution in [1.82, 2.24) is 10.2 Å². The van der Waals surface area contributed by atoms with Crippen molar-refractivity contribution in [2.24, 2.45) is 0 Å². The van der Waals surface area contributed by atoms with E-state index in [4.69, 9.17) is 4.42 Å². The molecule has 7 heteroatoms. The molecule has 128 valence electrons. The molecule has 0 fully saturated rings. The van der Waals surface area contributed by atoms with Crippen LogP contribution in [0.3, 0.4) is 0 Å². The number of hydrogen-bond donors (Lipinski definition) is 0. The second-order valence-electron chi connectivity index (χ2n) is 5.86. The minimum absolute atomic E-state index is 0.125. The molecule has 6 nitrogen and oxygen atoms in total. The highest BCUT2D eigenvalue weighted by Gasteiger charge is 2.15. The van der Waals surface area contributed by atoms with E-state index >= 15 is 0 Å². The molecule has 0 aliphatic carbocycles. The second-order valence-corrected chi connectivity index (χ2v) is 6.78. The molecule has 0 aliphatic rings. The molecule has 25 heavy (non-hydrogen) atoms. The van der Waals surface area contributed by atoms with E-state index in [0.717, 1.165) is 22.3 Å². The largest absolute Gasteiger partial charge is 0.411 e. The lowest BCUT2D eigenvalue weighted by Gasteiger charge is -2.04. The van der Waals surface area contributed by atoms with Crippen LogP contribution < -0.4 is 0 Å². The van der Waals surface area contributed by atoms with Gasteiger partial charge in [-0.05, 0) is 38.5 Å². The van der Waals surface area contributed by atoms with Crippen molar-refractivity contribution in [3.63, 3.8) is 0 Å². The van der Waals surface area contributed by atoms with Crippen LogP contribution >= 0.6 is 11.8 Å². The fraction of sp³-hybridized carbons (Fsp3) is 0.222. The Balaban J connectivity index is 1.76. The van der Waals surface area contributed by atoms with E-state index in [1.54, 1.807) is 13.0 Å². The van der Waals surface area contributed by atoms with Crippen LogP contribution in [0.4, 0.5) is 5.69 Å². The van der Waals surface area contributed by atoms with Gasteiger partial charge in [0.05, 0.1) is 4.92 Å². The van der Waals surface area contributed by atoms with E-state index in [1.807, 2.05) is 32.0 Å². The van der Waals surface area contributed by atoms with Crippen molar-refractivity contribution in [1.29, 1.82) is 0 Å². The highest BCUT2D eigenvalue weighted by molar-refractivity contribution is 7.98. The summed E-state index contributed by atoms with van der Waals surface area (Å²) in [6, 6.07) is 11.2. The molecule has 0 aliphatic heterocycles. The first kappa shape index (κ1) is 17.2. The summed E-state index contributed by atoms with van der Waals surface area (Å²) >= 11 is 1.37. The van der Waals surface area contributed by atoms with Gasteiger partial charge in [-0.15, -0.1) is 10.2 Å². The van der Waals surface area contributed by atoms with Crippen molar-refractivity contribution in [2.75, 3.05) is 0 Å². The van der Waals surface area contributed by atoms with Crippen molar-refractivity contribution in [3.8, 4) is 11.5 Å². The molecule has 0 saturated heterocycles. The number of aryl methyl sites for hydroxylation is 2. The highest BCUT2D eigenvalue weighted by atomic mass is 32.2. The zero-order valence-corrected chi connectivity index (χ0v) is 15.0. The first-order valence-corrected chi connectivity index (χ1v) is 8.70. The minimum Gasteiger partial charge on any atom is -0.411 e. The summed E-state index contributed by atoms with van der Waals surface area (Å²) in [4.78, 5) is 10.7. The van der Waals surface area contributed by atoms with E-state index in [-0.39, 0.29) is 10.6 Å². The lowest BCUT2D eigenvalue weighted by Crippen LogP contribution is -1.95.